The Morgan fingerprint density at radius 1 is 1.14 bits per heavy atom. The predicted molar refractivity (Wildman–Crippen MR) is 87.1 cm³/mol. The minimum atomic E-state index is -0.207. The second-order valence-corrected chi connectivity index (χ2v) is 5.44. The number of nitrogens with one attached hydrogen (secondary N) is 1. The Balaban J connectivity index is 1.89. The Hall–Kier alpha value is -2.60. The van der Waals surface area contributed by atoms with Crippen molar-refractivity contribution in [3.05, 3.63) is 47.5 Å². The summed E-state index contributed by atoms with van der Waals surface area (Å²) in [6.07, 6.45) is 0. The van der Waals surface area contributed by atoms with Gasteiger partial charge in [0.2, 0.25) is 0 Å². The summed E-state index contributed by atoms with van der Waals surface area (Å²) in [6, 6.07) is 10.7. The van der Waals surface area contributed by atoms with E-state index in [0.717, 1.165) is 10.2 Å². The molecular weight excluding hydrogens is 300 g/mol. The zero-order valence-corrected chi connectivity index (χ0v) is 12.9. The fraction of sp³-hybridized carbons (Fsp3) is 0.125. The Labute approximate surface area is 131 Å². The second-order valence-electron chi connectivity index (χ2n) is 4.56. The van der Waals surface area contributed by atoms with Gasteiger partial charge in [-0.3, -0.25) is 4.79 Å². The Morgan fingerprint density at radius 2 is 2.00 bits per heavy atom. The van der Waals surface area contributed by atoms with Crippen molar-refractivity contribution in [3.8, 4) is 11.5 Å². The number of anilines is 1. The SMILES string of the molecule is COc1ccc(OC)c(NC(=O)c2ccc3ncsc3c2)c1. The second kappa shape index (κ2) is 6.03. The van der Waals surface area contributed by atoms with E-state index in [1.54, 1.807) is 44.0 Å². The summed E-state index contributed by atoms with van der Waals surface area (Å²) in [5.74, 6) is 1.02. The average molecular weight is 314 g/mol. The number of rotatable bonds is 4. The number of carbonyl (C=O) groups is 1. The summed E-state index contributed by atoms with van der Waals surface area (Å²) >= 11 is 1.50. The van der Waals surface area contributed by atoms with Gasteiger partial charge in [-0.25, -0.2) is 4.98 Å². The molecule has 22 heavy (non-hydrogen) atoms. The summed E-state index contributed by atoms with van der Waals surface area (Å²) in [5, 5.41) is 2.85. The lowest BCUT2D eigenvalue weighted by atomic mass is 10.2. The van der Waals surface area contributed by atoms with Crippen LogP contribution in [-0.2, 0) is 0 Å². The first-order chi connectivity index (χ1) is 10.7. The molecule has 6 heteroatoms. The van der Waals surface area contributed by atoms with Crippen LogP contribution in [0.1, 0.15) is 10.4 Å². The molecule has 0 aliphatic rings. The number of aromatic nitrogens is 1. The quantitative estimate of drug-likeness (QED) is 0.800. The monoisotopic (exact) mass is 314 g/mol. The van der Waals surface area contributed by atoms with E-state index < -0.39 is 0 Å². The molecule has 0 spiro atoms. The van der Waals surface area contributed by atoms with Gasteiger partial charge in [0.1, 0.15) is 11.5 Å². The van der Waals surface area contributed by atoms with Crippen LogP contribution in [0.2, 0.25) is 0 Å². The molecule has 0 bridgehead atoms. The van der Waals surface area contributed by atoms with E-state index >= 15 is 0 Å². The molecule has 1 aromatic heterocycles. The number of nitrogens with zero attached hydrogens (tertiary/aromatic N) is 1. The zero-order chi connectivity index (χ0) is 15.5. The van der Waals surface area contributed by atoms with Gasteiger partial charge in [0.05, 0.1) is 35.6 Å². The van der Waals surface area contributed by atoms with Crippen LogP contribution in [0.5, 0.6) is 11.5 Å². The Bertz CT molecular complexity index is 829. The number of fused-ring (bicyclic) bond motifs is 1. The van der Waals surface area contributed by atoms with E-state index in [0.29, 0.717) is 22.7 Å². The highest BCUT2D eigenvalue weighted by atomic mass is 32.1. The molecule has 1 heterocycles. The molecule has 0 aliphatic heterocycles. The Kier molecular flexibility index (Phi) is 3.93. The molecular formula is C16H14N2O3S. The van der Waals surface area contributed by atoms with Gasteiger partial charge in [-0.05, 0) is 30.3 Å². The van der Waals surface area contributed by atoms with Crippen molar-refractivity contribution in [3.63, 3.8) is 0 Å². The van der Waals surface area contributed by atoms with Crippen molar-refractivity contribution in [1.29, 1.82) is 0 Å². The van der Waals surface area contributed by atoms with Gasteiger partial charge in [0.25, 0.3) is 5.91 Å². The number of methoxy groups -OCH3 is 2. The summed E-state index contributed by atoms with van der Waals surface area (Å²) < 4.78 is 11.4. The summed E-state index contributed by atoms with van der Waals surface area (Å²) in [6.45, 7) is 0. The van der Waals surface area contributed by atoms with Crippen LogP contribution in [0.15, 0.2) is 41.9 Å². The maximum Gasteiger partial charge on any atom is 0.255 e. The van der Waals surface area contributed by atoms with Crippen LogP contribution >= 0.6 is 11.3 Å². The smallest absolute Gasteiger partial charge is 0.255 e. The van der Waals surface area contributed by atoms with Gasteiger partial charge in [-0.15, -0.1) is 11.3 Å². The molecule has 3 rings (SSSR count). The van der Waals surface area contributed by atoms with Crippen LogP contribution in [0.25, 0.3) is 10.2 Å². The number of amides is 1. The number of ether oxygens (including phenoxy) is 2. The van der Waals surface area contributed by atoms with Gasteiger partial charge in [-0.1, -0.05) is 0 Å². The first-order valence-electron chi connectivity index (χ1n) is 6.58. The Morgan fingerprint density at radius 3 is 2.77 bits per heavy atom. The molecule has 0 saturated carbocycles. The normalized spacial score (nSPS) is 10.5. The molecule has 0 fully saturated rings. The third kappa shape index (κ3) is 2.73. The van der Waals surface area contributed by atoms with Gasteiger partial charge in [-0.2, -0.15) is 0 Å². The van der Waals surface area contributed by atoms with E-state index in [-0.39, 0.29) is 5.91 Å². The standard InChI is InChI=1S/C16H14N2O3S/c1-20-11-4-6-14(21-2)13(8-11)18-16(19)10-3-5-12-15(7-10)22-9-17-12/h3-9H,1-2H3,(H,18,19). The molecule has 1 N–H and O–H groups in total. The average Bonchev–Trinajstić information content (AvgIpc) is 3.02. The summed E-state index contributed by atoms with van der Waals surface area (Å²) in [7, 11) is 3.13. The topological polar surface area (TPSA) is 60.5 Å². The highest BCUT2D eigenvalue weighted by Gasteiger charge is 2.12. The highest BCUT2D eigenvalue weighted by Crippen LogP contribution is 2.29. The van der Waals surface area contributed by atoms with Gasteiger partial charge in [0, 0.05) is 11.6 Å². The largest absolute Gasteiger partial charge is 0.497 e. The predicted octanol–water partition coefficient (Wildman–Crippen LogP) is 3.57. The maximum atomic E-state index is 12.4. The molecule has 0 aliphatic carbocycles. The van der Waals surface area contributed by atoms with Crippen LogP contribution in [0, 0.1) is 0 Å². The lowest BCUT2D eigenvalue weighted by Crippen LogP contribution is -2.12. The number of hydrogen-bond donors (Lipinski definition) is 1. The molecule has 0 atom stereocenters. The number of hydrogen-bond acceptors (Lipinski definition) is 5. The number of benzene rings is 2. The van der Waals surface area contributed by atoms with E-state index in [4.69, 9.17) is 9.47 Å². The van der Waals surface area contributed by atoms with Crippen LogP contribution in [0.3, 0.4) is 0 Å². The fourth-order valence-corrected chi connectivity index (χ4v) is 2.82. The molecule has 0 saturated heterocycles. The van der Waals surface area contributed by atoms with E-state index in [1.807, 2.05) is 12.1 Å². The van der Waals surface area contributed by atoms with Crippen molar-refractivity contribution in [2.75, 3.05) is 19.5 Å². The third-order valence-electron chi connectivity index (χ3n) is 3.25. The van der Waals surface area contributed by atoms with Crippen molar-refractivity contribution < 1.29 is 14.3 Å². The van der Waals surface area contributed by atoms with Gasteiger partial charge < -0.3 is 14.8 Å². The minimum Gasteiger partial charge on any atom is -0.497 e. The molecule has 3 aromatic rings. The lowest BCUT2D eigenvalue weighted by molar-refractivity contribution is 0.102. The third-order valence-corrected chi connectivity index (χ3v) is 4.04. The molecule has 0 radical (unpaired) electrons. The molecule has 1 amide bonds. The minimum absolute atomic E-state index is 0.207. The fourth-order valence-electron chi connectivity index (χ4n) is 2.10. The zero-order valence-electron chi connectivity index (χ0n) is 12.1. The number of thiazole rings is 1. The molecule has 5 nitrogen and oxygen atoms in total. The molecule has 2 aromatic carbocycles. The van der Waals surface area contributed by atoms with Crippen LogP contribution < -0.4 is 14.8 Å². The van der Waals surface area contributed by atoms with Crippen LogP contribution in [-0.4, -0.2) is 25.1 Å². The van der Waals surface area contributed by atoms with Crippen molar-refractivity contribution in [1.82, 2.24) is 4.98 Å². The van der Waals surface area contributed by atoms with E-state index in [9.17, 15) is 4.79 Å². The summed E-state index contributed by atoms with van der Waals surface area (Å²) in [4.78, 5) is 16.6. The maximum absolute atomic E-state index is 12.4. The van der Waals surface area contributed by atoms with Gasteiger partial charge >= 0.3 is 0 Å². The number of carbonyl (C=O) groups excluding carboxylic acids is 1. The van der Waals surface area contributed by atoms with E-state index in [1.165, 1.54) is 11.3 Å². The molecule has 0 unspecified atom stereocenters. The molecule has 112 valence electrons. The highest BCUT2D eigenvalue weighted by molar-refractivity contribution is 7.16. The lowest BCUT2D eigenvalue weighted by Gasteiger charge is -2.11. The van der Waals surface area contributed by atoms with Crippen molar-refractivity contribution >= 4 is 33.1 Å². The van der Waals surface area contributed by atoms with E-state index in [2.05, 4.69) is 10.3 Å². The van der Waals surface area contributed by atoms with Crippen LogP contribution in [0.4, 0.5) is 5.69 Å². The van der Waals surface area contributed by atoms with Crippen molar-refractivity contribution in [2.45, 2.75) is 0 Å². The van der Waals surface area contributed by atoms with Gasteiger partial charge in [0.15, 0.2) is 0 Å². The summed E-state index contributed by atoms with van der Waals surface area (Å²) in [5.41, 5.74) is 3.79. The first kappa shape index (κ1) is 14.3. The first-order valence-corrected chi connectivity index (χ1v) is 7.46. The van der Waals surface area contributed by atoms with Crippen molar-refractivity contribution in [2.24, 2.45) is 0 Å².